The molecule has 0 N–H and O–H groups in total. The molecular formula is C50H32N2O. The summed E-state index contributed by atoms with van der Waals surface area (Å²) < 4.78 is 6.48. The first-order valence-corrected chi connectivity index (χ1v) is 17.9. The Hall–Kier alpha value is -7.10. The molecule has 3 heteroatoms. The topological polar surface area (TPSA) is 38.9 Å². The zero-order valence-electron chi connectivity index (χ0n) is 28.8. The first kappa shape index (κ1) is 30.7. The van der Waals surface area contributed by atoms with Gasteiger partial charge < -0.3 is 4.42 Å². The molecule has 0 saturated carbocycles. The van der Waals surface area contributed by atoms with Crippen LogP contribution in [0.3, 0.4) is 0 Å². The second kappa shape index (κ2) is 12.9. The van der Waals surface area contributed by atoms with Gasteiger partial charge in [-0.2, -0.15) is 0 Å². The lowest BCUT2D eigenvalue weighted by molar-refractivity contribution is 0.673. The lowest BCUT2D eigenvalue weighted by Crippen LogP contribution is -1.96. The van der Waals surface area contributed by atoms with E-state index >= 15 is 0 Å². The van der Waals surface area contributed by atoms with Crippen molar-refractivity contribution >= 4 is 32.7 Å². The van der Waals surface area contributed by atoms with Crippen LogP contribution in [0.25, 0.3) is 100.0 Å². The zero-order chi connectivity index (χ0) is 35.1. The monoisotopic (exact) mass is 676 g/mol. The molecule has 10 rings (SSSR count). The van der Waals surface area contributed by atoms with Crippen molar-refractivity contribution in [3.05, 3.63) is 194 Å². The molecular weight excluding hydrogens is 645 g/mol. The van der Waals surface area contributed by atoms with Crippen molar-refractivity contribution in [1.82, 2.24) is 9.97 Å². The Bertz CT molecular complexity index is 2830. The number of furan rings is 1. The minimum atomic E-state index is 0.678. The van der Waals surface area contributed by atoms with Gasteiger partial charge in [0.05, 0.1) is 11.4 Å². The molecule has 248 valence electrons. The Kier molecular flexibility index (Phi) is 7.47. The standard InChI is InChI=1S/C50H32N2O/c1-3-12-33(13-4-1)38-17-9-19-40(30-38)45-32-46(41-20-10-18-39(31-41)34-14-5-2-6-15-34)52-50(51-45)37-26-24-35(25-27-37)42-22-11-16-36-28-29-44-43-21-7-8-23-47(43)53-49(44)48(36)42/h1-32H. The summed E-state index contributed by atoms with van der Waals surface area (Å²) in [6.45, 7) is 0. The van der Waals surface area contributed by atoms with E-state index < -0.39 is 0 Å². The third-order valence-corrected chi connectivity index (χ3v) is 10.1. The van der Waals surface area contributed by atoms with Crippen molar-refractivity contribution in [2.45, 2.75) is 0 Å². The molecule has 0 fully saturated rings. The summed E-state index contributed by atoms with van der Waals surface area (Å²) >= 11 is 0. The van der Waals surface area contributed by atoms with Gasteiger partial charge in [-0.25, -0.2) is 9.97 Å². The number of hydrogen-bond donors (Lipinski definition) is 0. The minimum Gasteiger partial charge on any atom is -0.455 e. The van der Waals surface area contributed by atoms with Gasteiger partial charge in [-0.3, -0.25) is 0 Å². The fraction of sp³-hybridized carbons (Fsp3) is 0. The fourth-order valence-corrected chi connectivity index (χ4v) is 7.44. The first-order valence-electron chi connectivity index (χ1n) is 17.9. The van der Waals surface area contributed by atoms with Gasteiger partial charge in [0, 0.05) is 32.8 Å². The first-order chi connectivity index (χ1) is 26.2. The highest BCUT2D eigenvalue weighted by molar-refractivity contribution is 6.18. The van der Waals surface area contributed by atoms with E-state index in [1.807, 2.05) is 24.3 Å². The second-order valence-electron chi connectivity index (χ2n) is 13.4. The molecule has 8 aromatic carbocycles. The maximum atomic E-state index is 6.48. The van der Waals surface area contributed by atoms with Crippen molar-refractivity contribution in [2.24, 2.45) is 0 Å². The van der Waals surface area contributed by atoms with Crippen LogP contribution >= 0.6 is 0 Å². The van der Waals surface area contributed by atoms with Crippen LogP contribution in [0.2, 0.25) is 0 Å². The smallest absolute Gasteiger partial charge is 0.160 e. The van der Waals surface area contributed by atoms with E-state index in [2.05, 4.69) is 170 Å². The molecule has 0 amide bonds. The molecule has 2 heterocycles. The van der Waals surface area contributed by atoms with E-state index in [4.69, 9.17) is 14.4 Å². The third-order valence-electron chi connectivity index (χ3n) is 10.1. The highest BCUT2D eigenvalue weighted by Crippen LogP contribution is 2.39. The number of rotatable bonds is 6. The van der Waals surface area contributed by atoms with Gasteiger partial charge in [0.15, 0.2) is 5.82 Å². The van der Waals surface area contributed by atoms with Gasteiger partial charge in [-0.05, 0) is 69.1 Å². The summed E-state index contributed by atoms with van der Waals surface area (Å²) in [4.78, 5) is 10.4. The molecule has 3 nitrogen and oxygen atoms in total. The highest BCUT2D eigenvalue weighted by atomic mass is 16.3. The average Bonchev–Trinajstić information content (AvgIpc) is 3.63. The molecule has 0 radical (unpaired) electrons. The maximum Gasteiger partial charge on any atom is 0.160 e. The number of nitrogens with zero attached hydrogens (tertiary/aromatic N) is 2. The largest absolute Gasteiger partial charge is 0.455 e. The Labute approximate surface area is 307 Å². The average molecular weight is 677 g/mol. The Balaban J connectivity index is 1.10. The Morgan fingerprint density at radius 1 is 0.340 bits per heavy atom. The third kappa shape index (κ3) is 5.65. The van der Waals surface area contributed by atoms with E-state index in [1.165, 1.54) is 11.1 Å². The van der Waals surface area contributed by atoms with Crippen LogP contribution in [-0.4, -0.2) is 9.97 Å². The van der Waals surface area contributed by atoms with Gasteiger partial charge in [0.1, 0.15) is 11.2 Å². The summed E-state index contributed by atoms with van der Waals surface area (Å²) in [5.41, 5.74) is 13.5. The summed E-state index contributed by atoms with van der Waals surface area (Å²) in [6, 6.07) is 67.9. The van der Waals surface area contributed by atoms with Gasteiger partial charge in [0.25, 0.3) is 0 Å². The van der Waals surface area contributed by atoms with Crippen molar-refractivity contribution in [2.75, 3.05) is 0 Å². The molecule has 0 atom stereocenters. The fourth-order valence-electron chi connectivity index (χ4n) is 7.44. The molecule has 0 saturated heterocycles. The van der Waals surface area contributed by atoms with Crippen LogP contribution in [0.15, 0.2) is 199 Å². The molecule has 0 spiro atoms. The molecule has 0 bridgehead atoms. The molecule has 0 aliphatic rings. The van der Waals surface area contributed by atoms with E-state index in [-0.39, 0.29) is 0 Å². The van der Waals surface area contributed by atoms with Crippen LogP contribution in [-0.2, 0) is 0 Å². The van der Waals surface area contributed by atoms with Crippen molar-refractivity contribution in [3.63, 3.8) is 0 Å². The molecule has 2 aromatic heterocycles. The molecule has 10 aromatic rings. The van der Waals surface area contributed by atoms with E-state index in [9.17, 15) is 0 Å². The normalized spacial score (nSPS) is 11.4. The van der Waals surface area contributed by atoms with Crippen molar-refractivity contribution < 1.29 is 4.42 Å². The van der Waals surface area contributed by atoms with Gasteiger partial charge in [-0.1, -0.05) is 164 Å². The van der Waals surface area contributed by atoms with Crippen LogP contribution in [0.4, 0.5) is 0 Å². The summed E-state index contributed by atoms with van der Waals surface area (Å²) in [6.07, 6.45) is 0. The predicted octanol–water partition coefficient (Wildman–Crippen LogP) is 13.5. The highest BCUT2D eigenvalue weighted by Gasteiger charge is 2.16. The molecule has 53 heavy (non-hydrogen) atoms. The number of benzene rings is 8. The number of hydrogen-bond acceptors (Lipinski definition) is 3. The quantitative estimate of drug-likeness (QED) is 0.176. The second-order valence-corrected chi connectivity index (χ2v) is 13.4. The van der Waals surface area contributed by atoms with Crippen LogP contribution < -0.4 is 0 Å². The van der Waals surface area contributed by atoms with Crippen LogP contribution in [0, 0.1) is 0 Å². The number of aromatic nitrogens is 2. The van der Waals surface area contributed by atoms with Gasteiger partial charge >= 0.3 is 0 Å². The lowest BCUT2D eigenvalue weighted by Gasteiger charge is -2.12. The zero-order valence-corrected chi connectivity index (χ0v) is 28.8. The number of para-hydroxylation sites is 1. The van der Waals surface area contributed by atoms with E-state index in [0.29, 0.717) is 5.82 Å². The Morgan fingerprint density at radius 3 is 1.55 bits per heavy atom. The minimum absolute atomic E-state index is 0.678. The maximum absolute atomic E-state index is 6.48. The molecule has 0 aliphatic heterocycles. The summed E-state index contributed by atoms with van der Waals surface area (Å²) in [5, 5.41) is 4.52. The Morgan fingerprint density at radius 2 is 0.887 bits per heavy atom. The van der Waals surface area contributed by atoms with Crippen LogP contribution in [0.5, 0.6) is 0 Å². The molecule has 0 aliphatic carbocycles. The summed E-state index contributed by atoms with van der Waals surface area (Å²) in [5.74, 6) is 0.678. The van der Waals surface area contributed by atoms with E-state index in [0.717, 1.165) is 83.0 Å². The summed E-state index contributed by atoms with van der Waals surface area (Å²) in [7, 11) is 0. The van der Waals surface area contributed by atoms with E-state index in [1.54, 1.807) is 0 Å². The lowest BCUT2D eigenvalue weighted by atomic mass is 9.95. The predicted molar refractivity (Wildman–Crippen MR) is 219 cm³/mol. The van der Waals surface area contributed by atoms with Gasteiger partial charge in [-0.15, -0.1) is 0 Å². The van der Waals surface area contributed by atoms with Crippen LogP contribution in [0.1, 0.15) is 0 Å². The molecule has 0 unspecified atom stereocenters. The van der Waals surface area contributed by atoms with Crippen molar-refractivity contribution in [1.29, 1.82) is 0 Å². The number of fused-ring (bicyclic) bond motifs is 5. The van der Waals surface area contributed by atoms with Crippen molar-refractivity contribution in [3.8, 4) is 67.3 Å². The van der Waals surface area contributed by atoms with Gasteiger partial charge in [0.2, 0.25) is 0 Å². The SMILES string of the molecule is c1ccc(-c2cccc(-c3cc(-c4cccc(-c5ccccc5)c4)nc(-c4ccc(-c5cccc6ccc7c8ccccc8oc7c56)cc4)n3)c2)cc1.